The Balaban J connectivity index is 1.94. The minimum Gasteiger partial charge on any atom is -0.537 e. The third-order valence-corrected chi connectivity index (χ3v) is 5.09. The van der Waals surface area contributed by atoms with E-state index in [4.69, 9.17) is 4.65 Å². The fourth-order valence-electron chi connectivity index (χ4n) is 3.92. The zero-order valence-electron chi connectivity index (χ0n) is 14.6. The lowest BCUT2D eigenvalue weighted by Gasteiger charge is -2.17. The Hall–Kier alpha value is -3.30. The highest BCUT2D eigenvalue weighted by Crippen LogP contribution is 2.43. The molecule has 0 aliphatic heterocycles. The Labute approximate surface area is 157 Å². The monoisotopic (exact) mass is 347 g/mol. The number of hydrogen-bond acceptors (Lipinski definition) is 2. The van der Waals surface area contributed by atoms with Gasteiger partial charge in [-0.05, 0) is 38.7 Å². The normalized spacial score (nSPS) is 11.1. The quantitative estimate of drug-likeness (QED) is 0.334. The first-order valence-corrected chi connectivity index (χ1v) is 8.92. The van der Waals surface area contributed by atoms with Crippen LogP contribution in [0.2, 0.25) is 0 Å². The second kappa shape index (κ2) is 6.46. The summed E-state index contributed by atoms with van der Waals surface area (Å²) >= 11 is 0. The first-order chi connectivity index (χ1) is 13.4. The molecule has 0 spiro atoms. The topological polar surface area (TPSA) is 29.5 Å². The van der Waals surface area contributed by atoms with Gasteiger partial charge in [-0.15, -0.1) is 0 Å². The molecule has 2 nitrogen and oxygen atoms in total. The third-order valence-electron chi connectivity index (χ3n) is 5.09. The molecule has 0 aliphatic carbocycles. The van der Waals surface area contributed by atoms with Crippen LogP contribution in [0, 0.1) is 0 Å². The van der Waals surface area contributed by atoms with Crippen LogP contribution in [-0.4, -0.2) is 12.7 Å². The molecular formula is C24H16BO2. The van der Waals surface area contributed by atoms with Gasteiger partial charge in [0.2, 0.25) is 0 Å². The van der Waals surface area contributed by atoms with Crippen LogP contribution in [0.4, 0.5) is 0 Å². The van der Waals surface area contributed by atoms with Crippen molar-refractivity contribution in [1.29, 1.82) is 0 Å². The van der Waals surface area contributed by atoms with Crippen LogP contribution in [0.15, 0.2) is 91.0 Å². The number of benzene rings is 5. The highest BCUT2D eigenvalue weighted by atomic mass is 16.5. The Morgan fingerprint density at radius 2 is 1.15 bits per heavy atom. The van der Waals surface area contributed by atoms with Gasteiger partial charge in [-0.3, -0.25) is 0 Å². The summed E-state index contributed by atoms with van der Waals surface area (Å²) in [6.07, 6.45) is 0. The van der Waals surface area contributed by atoms with Crippen LogP contribution in [0.3, 0.4) is 0 Å². The summed E-state index contributed by atoms with van der Waals surface area (Å²) in [5.41, 5.74) is 2.35. The van der Waals surface area contributed by atoms with Crippen molar-refractivity contribution in [3.63, 3.8) is 0 Å². The minimum atomic E-state index is 0.674. The predicted octanol–water partition coefficient (Wildman–Crippen LogP) is 5.72. The Morgan fingerprint density at radius 1 is 0.593 bits per heavy atom. The van der Waals surface area contributed by atoms with Crippen LogP contribution in [-0.2, 0) is 0 Å². The standard InChI is InChI=1S/C24H16BO2/c26-25-27-24-21-11-5-3-9-19(21)23(20-10-4-6-12-22(20)24)18-14-13-16-7-1-2-8-17(16)15-18/h1-15,26H. The minimum absolute atomic E-state index is 0.674. The maximum Gasteiger partial charge on any atom is 0.569 e. The van der Waals surface area contributed by atoms with Gasteiger partial charge in [0.25, 0.3) is 0 Å². The van der Waals surface area contributed by atoms with E-state index in [0.717, 1.165) is 29.2 Å². The molecule has 3 heteroatoms. The summed E-state index contributed by atoms with van der Waals surface area (Å²) in [5.74, 6) is 0.674. The third kappa shape index (κ3) is 2.56. The molecule has 0 fully saturated rings. The van der Waals surface area contributed by atoms with E-state index < -0.39 is 0 Å². The van der Waals surface area contributed by atoms with Crippen LogP contribution in [0.1, 0.15) is 0 Å². The number of rotatable bonds is 3. The van der Waals surface area contributed by atoms with E-state index in [2.05, 4.69) is 54.6 Å². The fraction of sp³-hybridized carbons (Fsp3) is 0. The van der Waals surface area contributed by atoms with Crippen LogP contribution in [0.5, 0.6) is 5.75 Å². The molecule has 27 heavy (non-hydrogen) atoms. The highest BCUT2D eigenvalue weighted by Gasteiger charge is 2.16. The zero-order valence-corrected chi connectivity index (χ0v) is 14.6. The molecule has 0 amide bonds. The first kappa shape index (κ1) is 15.9. The van der Waals surface area contributed by atoms with Crippen molar-refractivity contribution in [2.45, 2.75) is 0 Å². The molecule has 127 valence electrons. The van der Waals surface area contributed by atoms with Crippen molar-refractivity contribution in [2.24, 2.45) is 0 Å². The molecule has 0 bridgehead atoms. The van der Waals surface area contributed by atoms with Crippen molar-refractivity contribution < 1.29 is 9.68 Å². The fourth-order valence-corrected chi connectivity index (χ4v) is 3.92. The van der Waals surface area contributed by atoms with Crippen molar-refractivity contribution in [1.82, 2.24) is 0 Å². The van der Waals surface area contributed by atoms with Gasteiger partial charge in [0.15, 0.2) is 0 Å². The molecule has 0 heterocycles. The zero-order chi connectivity index (χ0) is 18.2. The van der Waals surface area contributed by atoms with Crippen LogP contribution in [0.25, 0.3) is 43.4 Å². The van der Waals surface area contributed by atoms with E-state index >= 15 is 0 Å². The maximum absolute atomic E-state index is 9.30. The van der Waals surface area contributed by atoms with Crippen molar-refractivity contribution in [2.75, 3.05) is 0 Å². The molecule has 0 saturated carbocycles. The van der Waals surface area contributed by atoms with Gasteiger partial charge < -0.3 is 9.68 Å². The average molecular weight is 347 g/mol. The van der Waals surface area contributed by atoms with Gasteiger partial charge in [-0.25, -0.2) is 0 Å². The summed E-state index contributed by atoms with van der Waals surface area (Å²) in [6.45, 7) is 0. The summed E-state index contributed by atoms with van der Waals surface area (Å²) in [4.78, 5) is 0. The molecule has 0 aliphatic rings. The first-order valence-electron chi connectivity index (χ1n) is 8.92. The lowest BCUT2D eigenvalue weighted by Crippen LogP contribution is -2.02. The summed E-state index contributed by atoms with van der Waals surface area (Å²) in [6, 6.07) is 31.3. The molecular weight excluding hydrogens is 331 g/mol. The molecule has 0 saturated heterocycles. The lowest BCUT2D eigenvalue weighted by atomic mass is 9.90. The Bertz CT molecular complexity index is 1240. The van der Waals surface area contributed by atoms with Crippen molar-refractivity contribution in [3.05, 3.63) is 91.0 Å². The van der Waals surface area contributed by atoms with Crippen molar-refractivity contribution in [3.8, 4) is 16.9 Å². The van der Waals surface area contributed by atoms with E-state index in [0.29, 0.717) is 5.75 Å². The molecule has 5 aromatic rings. The summed E-state index contributed by atoms with van der Waals surface area (Å²) < 4.78 is 5.52. The average Bonchev–Trinajstić information content (AvgIpc) is 2.73. The Morgan fingerprint density at radius 3 is 1.78 bits per heavy atom. The predicted molar refractivity (Wildman–Crippen MR) is 113 cm³/mol. The van der Waals surface area contributed by atoms with E-state index in [1.54, 1.807) is 0 Å². The van der Waals surface area contributed by atoms with Gasteiger partial charge in [-0.1, -0.05) is 84.9 Å². The SMILES string of the molecule is O[B]Oc1c2ccccc2c(-c2ccc3ccccc3c2)c2ccccc12. The smallest absolute Gasteiger partial charge is 0.537 e. The van der Waals surface area contributed by atoms with Gasteiger partial charge >= 0.3 is 7.69 Å². The summed E-state index contributed by atoms with van der Waals surface area (Å²) in [5, 5.41) is 15.9. The molecule has 1 radical (unpaired) electrons. The molecule has 0 atom stereocenters. The van der Waals surface area contributed by atoms with Gasteiger partial charge in [0.1, 0.15) is 5.75 Å². The van der Waals surface area contributed by atoms with E-state index in [1.165, 1.54) is 21.9 Å². The molecule has 0 aromatic heterocycles. The Kier molecular flexibility index (Phi) is 3.81. The summed E-state index contributed by atoms with van der Waals surface area (Å²) in [7, 11) is 0.754. The van der Waals surface area contributed by atoms with Gasteiger partial charge in [0, 0.05) is 10.8 Å². The molecule has 5 rings (SSSR count). The van der Waals surface area contributed by atoms with Crippen LogP contribution < -0.4 is 4.65 Å². The van der Waals surface area contributed by atoms with E-state index in [1.807, 2.05) is 36.4 Å². The van der Waals surface area contributed by atoms with E-state index in [-0.39, 0.29) is 0 Å². The van der Waals surface area contributed by atoms with Gasteiger partial charge in [0.05, 0.1) is 0 Å². The number of hydrogen-bond donors (Lipinski definition) is 1. The lowest BCUT2D eigenvalue weighted by molar-refractivity contribution is 0.459. The van der Waals surface area contributed by atoms with Gasteiger partial charge in [-0.2, -0.15) is 0 Å². The maximum atomic E-state index is 9.30. The highest BCUT2D eigenvalue weighted by molar-refractivity contribution is 6.22. The largest absolute Gasteiger partial charge is 0.569 e. The molecule has 1 N–H and O–H groups in total. The second-order valence-corrected chi connectivity index (χ2v) is 6.58. The van der Waals surface area contributed by atoms with E-state index in [9.17, 15) is 5.02 Å². The van der Waals surface area contributed by atoms with Crippen molar-refractivity contribution >= 4 is 40.0 Å². The molecule has 5 aromatic carbocycles. The van der Waals surface area contributed by atoms with Crippen LogP contribution >= 0.6 is 0 Å². The molecule has 0 unspecified atom stereocenters. The number of fused-ring (bicyclic) bond motifs is 3. The second-order valence-electron chi connectivity index (χ2n) is 6.58.